The Bertz CT molecular complexity index is 1140. The van der Waals surface area contributed by atoms with Gasteiger partial charge in [0.05, 0.1) is 0 Å². The number of carbonyl (C=O) groups excluding carboxylic acids is 1. The van der Waals surface area contributed by atoms with Crippen LogP contribution in [0.3, 0.4) is 0 Å². The van der Waals surface area contributed by atoms with E-state index in [4.69, 9.17) is 9.47 Å². The van der Waals surface area contributed by atoms with Crippen LogP contribution in [0.25, 0.3) is 0 Å². The smallest absolute Gasteiger partial charge is 0.254 e. The lowest BCUT2D eigenvalue weighted by Crippen LogP contribution is -2.51. The molecule has 0 saturated carbocycles. The number of carbonyl (C=O) groups is 1. The second kappa shape index (κ2) is 9.90. The number of likely N-dealkylation sites (tertiary alicyclic amines) is 1. The highest BCUT2D eigenvalue weighted by Gasteiger charge is 2.32. The van der Waals surface area contributed by atoms with Gasteiger partial charge in [0, 0.05) is 42.4 Å². The number of nitrogens with zero attached hydrogens (tertiary/aromatic N) is 1. The van der Waals surface area contributed by atoms with E-state index in [1.807, 2.05) is 30.3 Å². The first-order chi connectivity index (χ1) is 16.5. The van der Waals surface area contributed by atoms with E-state index in [-0.39, 0.29) is 18.7 Å². The molecule has 1 N–H and O–H groups in total. The molecule has 2 heterocycles. The van der Waals surface area contributed by atoms with Crippen LogP contribution < -0.4 is 14.8 Å². The van der Waals surface area contributed by atoms with Crippen LogP contribution in [0.1, 0.15) is 45.5 Å². The Morgan fingerprint density at radius 1 is 1.00 bits per heavy atom. The van der Waals surface area contributed by atoms with Gasteiger partial charge in [-0.3, -0.25) is 4.79 Å². The predicted octanol–water partition coefficient (Wildman–Crippen LogP) is 5.04. The minimum absolute atomic E-state index is 0.139. The molecule has 5 heteroatoms. The zero-order valence-electron chi connectivity index (χ0n) is 19.9. The molecule has 0 radical (unpaired) electrons. The molecule has 5 rings (SSSR count). The van der Waals surface area contributed by atoms with Gasteiger partial charge >= 0.3 is 0 Å². The highest BCUT2D eigenvalue weighted by atomic mass is 16.7. The fourth-order valence-corrected chi connectivity index (χ4v) is 5.17. The molecule has 0 aliphatic carbocycles. The second-order valence-electron chi connectivity index (χ2n) is 9.50. The molecule has 3 aromatic carbocycles. The topological polar surface area (TPSA) is 50.8 Å². The fraction of sp³-hybridized carbons (Fsp3) is 0.345. The van der Waals surface area contributed by atoms with Gasteiger partial charge in [-0.15, -0.1) is 0 Å². The third kappa shape index (κ3) is 5.10. The van der Waals surface area contributed by atoms with Crippen molar-refractivity contribution in [2.45, 2.75) is 51.7 Å². The number of aryl methyl sites for hydroxylation is 2. The maximum Gasteiger partial charge on any atom is 0.254 e. The molecular weight excluding hydrogens is 424 g/mol. The number of piperidine rings is 1. The largest absolute Gasteiger partial charge is 0.457 e. The molecule has 1 amide bonds. The normalized spacial score (nSPS) is 19.3. The monoisotopic (exact) mass is 456 g/mol. The first kappa shape index (κ1) is 22.5. The quantitative estimate of drug-likeness (QED) is 0.565. The molecule has 1 saturated heterocycles. The maximum absolute atomic E-state index is 13.6. The molecule has 0 spiro atoms. The summed E-state index contributed by atoms with van der Waals surface area (Å²) in [4.78, 5) is 15.7. The highest BCUT2D eigenvalue weighted by molar-refractivity contribution is 5.95. The van der Waals surface area contributed by atoms with E-state index in [1.165, 1.54) is 5.56 Å². The number of amides is 1. The van der Waals surface area contributed by atoms with Crippen LogP contribution in [0.2, 0.25) is 0 Å². The van der Waals surface area contributed by atoms with Crippen LogP contribution in [0.15, 0.2) is 66.7 Å². The van der Waals surface area contributed by atoms with Crippen molar-refractivity contribution in [1.29, 1.82) is 0 Å². The molecule has 1 fully saturated rings. The van der Waals surface area contributed by atoms with Crippen molar-refractivity contribution in [2.24, 2.45) is 0 Å². The van der Waals surface area contributed by atoms with Crippen LogP contribution >= 0.6 is 0 Å². The summed E-state index contributed by atoms with van der Waals surface area (Å²) in [6.45, 7) is 5.86. The molecule has 0 aromatic heterocycles. The van der Waals surface area contributed by atoms with Crippen molar-refractivity contribution in [1.82, 2.24) is 10.2 Å². The zero-order chi connectivity index (χ0) is 23.5. The Kier molecular flexibility index (Phi) is 6.54. The predicted molar refractivity (Wildman–Crippen MR) is 133 cm³/mol. The SMILES string of the molecule is Cc1cc(C)cc(C(=O)N2CC[C@H](NCc3ccc4cc3OCO4)C[C@@H]2Cc2ccccc2)c1. The standard InChI is InChI=1S/C29H32N2O3/c1-20-12-21(2)14-24(13-20)29(32)31-11-10-25(16-26(31)15-22-6-4-3-5-7-22)30-18-23-8-9-27-17-28(23)34-19-33-27/h3-9,12-14,17,25-26,30H,10-11,15-16,18-19H2,1-2H3/t25-,26-/m0/s1. The van der Waals surface area contributed by atoms with E-state index in [0.717, 1.165) is 66.1 Å². The third-order valence-corrected chi connectivity index (χ3v) is 6.82. The van der Waals surface area contributed by atoms with Crippen molar-refractivity contribution in [3.63, 3.8) is 0 Å². The van der Waals surface area contributed by atoms with Gasteiger partial charge in [-0.05, 0) is 56.9 Å². The van der Waals surface area contributed by atoms with Crippen molar-refractivity contribution in [3.05, 3.63) is 94.5 Å². The molecule has 34 heavy (non-hydrogen) atoms. The van der Waals surface area contributed by atoms with Gasteiger partial charge in [-0.25, -0.2) is 0 Å². The van der Waals surface area contributed by atoms with Crippen molar-refractivity contribution >= 4 is 5.91 Å². The fourth-order valence-electron chi connectivity index (χ4n) is 5.17. The molecule has 2 atom stereocenters. The van der Waals surface area contributed by atoms with Gasteiger partial charge < -0.3 is 19.7 Å². The second-order valence-corrected chi connectivity index (χ2v) is 9.50. The molecule has 2 bridgehead atoms. The van der Waals surface area contributed by atoms with E-state index in [0.29, 0.717) is 6.04 Å². The van der Waals surface area contributed by atoms with Crippen molar-refractivity contribution in [2.75, 3.05) is 13.3 Å². The molecular formula is C29H32N2O3. The maximum atomic E-state index is 13.6. The summed E-state index contributed by atoms with van der Waals surface area (Å²) in [6, 6.07) is 23.1. The lowest BCUT2D eigenvalue weighted by Gasteiger charge is -2.40. The van der Waals surface area contributed by atoms with Crippen LogP contribution in [-0.4, -0.2) is 36.2 Å². The number of fused-ring (bicyclic) bond motifs is 2. The molecule has 176 valence electrons. The lowest BCUT2D eigenvalue weighted by atomic mass is 9.91. The van der Waals surface area contributed by atoms with Gasteiger partial charge in [0.25, 0.3) is 5.91 Å². The first-order valence-electron chi connectivity index (χ1n) is 12.1. The van der Waals surface area contributed by atoms with Gasteiger partial charge in [-0.1, -0.05) is 53.6 Å². The minimum atomic E-state index is 0.139. The van der Waals surface area contributed by atoms with E-state index >= 15 is 0 Å². The summed E-state index contributed by atoms with van der Waals surface area (Å²) in [6.07, 6.45) is 2.71. The summed E-state index contributed by atoms with van der Waals surface area (Å²) in [5.74, 6) is 1.88. The van der Waals surface area contributed by atoms with Crippen LogP contribution in [0.4, 0.5) is 0 Å². The molecule has 3 aromatic rings. The van der Waals surface area contributed by atoms with Crippen molar-refractivity contribution in [3.8, 4) is 11.5 Å². The van der Waals surface area contributed by atoms with Crippen LogP contribution in [-0.2, 0) is 13.0 Å². The summed E-state index contributed by atoms with van der Waals surface area (Å²) < 4.78 is 11.1. The van der Waals surface area contributed by atoms with E-state index in [9.17, 15) is 4.79 Å². The highest BCUT2D eigenvalue weighted by Crippen LogP contribution is 2.29. The molecule has 2 aliphatic rings. The number of benzene rings is 3. The number of nitrogens with one attached hydrogen (secondary N) is 1. The number of hydrogen-bond donors (Lipinski definition) is 1. The Balaban J connectivity index is 1.31. The third-order valence-electron chi connectivity index (χ3n) is 6.82. The molecule has 2 aliphatic heterocycles. The van der Waals surface area contributed by atoms with Gasteiger partial charge in [0.1, 0.15) is 11.5 Å². The van der Waals surface area contributed by atoms with Gasteiger partial charge in [0.15, 0.2) is 0 Å². The molecule has 0 unspecified atom stereocenters. The average Bonchev–Trinajstić information content (AvgIpc) is 2.84. The summed E-state index contributed by atoms with van der Waals surface area (Å²) in [5, 5.41) is 3.73. The van der Waals surface area contributed by atoms with Gasteiger partial charge in [-0.2, -0.15) is 0 Å². The average molecular weight is 457 g/mol. The van der Waals surface area contributed by atoms with E-state index in [2.05, 4.69) is 60.5 Å². The Hall–Kier alpha value is -3.31. The Morgan fingerprint density at radius 3 is 2.59 bits per heavy atom. The van der Waals surface area contributed by atoms with E-state index in [1.54, 1.807) is 0 Å². The minimum Gasteiger partial charge on any atom is -0.457 e. The zero-order valence-corrected chi connectivity index (χ0v) is 19.9. The number of rotatable bonds is 6. The van der Waals surface area contributed by atoms with Gasteiger partial charge in [0.2, 0.25) is 6.79 Å². The Morgan fingerprint density at radius 2 is 1.79 bits per heavy atom. The first-order valence-corrected chi connectivity index (χ1v) is 12.1. The number of ether oxygens (including phenoxy) is 2. The number of hydrogen-bond acceptors (Lipinski definition) is 4. The van der Waals surface area contributed by atoms with Crippen LogP contribution in [0.5, 0.6) is 11.5 Å². The van der Waals surface area contributed by atoms with E-state index < -0.39 is 0 Å². The molecule has 5 nitrogen and oxygen atoms in total. The summed E-state index contributed by atoms with van der Waals surface area (Å²) in [7, 11) is 0. The van der Waals surface area contributed by atoms with Crippen LogP contribution in [0, 0.1) is 13.8 Å². The Labute approximate surface area is 201 Å². The van der Waals surface area contributed by atoms with Crippen molar-refractivity contribution < 1.29 is 14.3 Å². The summed E-state index contributed by atoms with van der Waals surface area (Å²) >= 11 is 0. The summed E-state index contributed by atoms with van der Waals surface area (Å²) in [5.41, 5.74) is 5.45. The lowest BCUT2D eigenvalue weighted by molar-refractivity contribution is 0.0576.